The molecule has 0 unspecified atom stereocenters. The maximum atomic E-state index is 10.4. The van der Waals surface area contributed by atoms with Crippen LogP contribution in [0.4, 0.5) is 0 Å². The van der Waals surface area contributed by atoms with Gasteiger partial charge in [-0.3, -0.25) is 0 Å². The maximum absolute atomic E-state index is 10.4. The number of thiazole rings is 1. The summed E-state index contributed by atoms with van der Waals surface area (Å²) in [6.45, 7) is -0.398. The number of halogens is 1. The highest BCUT2D eigenvalue weighted by Crippen LogP contribution is 2.22. The summed E-state index contributed by atoms with van der Waals surface area (Å²) in [6, 6.07) is 0. The van der Waals surface area contributed by atoms with E-state index in [0.717, 1.165) is 11.3 Å². The summed E-state index contributed by atoms with van der Waals surface area (Å²) in [5, 5.41) is 17.1. The van der Waals surface area contributed by atoms with E-state index >= 15 is 0 Å². The molecular formula is C5H4ClNO3S. The molecule has 4 nitrogen and oxygen atoms in total. The van der Waals surface area contributed by atoms with E-state index in [1.807, 2.05) is 0 Å². The quantitative estimate of drug-likeness (QED) is 0.735. The molecule has 1 heterocycles. The zero-order chi connectivity index (χ0) is 8.43. The molecule has 0 aromatic carbocycles. The van der Waals surface area contributed by atoms with Crippen LogP contribution in [-0.4, -0.2) is 21.2 Å². The first-order chi connectivity index (χ1) is 5.15. The lowest BCUT2D eigenvalue weighted by Crippen LogP contribution is -1.98. The molecular weight excluding hydrogens is 190 g/mol. The number of carbonyl (C=O) groups is 1. The second kappa shape index (κ2) is 3.17. The monoisotopic (exact) mass is 193 g/mol. The number of aliphatic hydroxyl groups excluding tert-OH is 1. The number of hydrogen-bond acceptors (Lipinski definition) is 4. The normalized spacial score (nSPS) is 10.0. The van der Waals surface area contributed by atoms with Crippen molar-refractivity contribution in [1.82, 2.24) is 4.98 Å². The van der Waals surface area contributed by atoms with Crippen LogP contribution in [0.3, 0.4) is 0 Å². The fraction of sp³-hybridized carbons (Fsp3) is 0.200. The van der Waals surface area contributed by atoms with Gasteiger partial charge in [-0.05, 0) is 0 Å². The molecule has 0 saturated heterocycles. The minimum absolute atomic E-state index is 0.00231. The molecule has 0 amide bonds. The van der Waals surface area contributed by atoms with E-state index in [9.17, 15) is 4.79 Å². The number of carboxylic acids is 1. The lowest BCUT2D eigenvalue weighted by Gasteiger charge is -1.88. The number of aliphatic hydroxyl groups is 1. The van der Waals surface area contributed by atoms with Crippen LogP contribution in [0.1, 0.15) is 15.4 Å². The smallest absolute Gasteiger partial charge is 0.347 e. The maximum Gasteiger partial charge on any atom is 0.347 e. The number of rotatable bonds is 2. The first kappa shape index (κ1) is 8.45. The molecule has 60 valence electrons. The van der Waals surface area contributed by atoms with Crippen LogP contribution in [0, 0.1) is 0 Å². The highest BCUT2D eigenvalue weighted by Gasteiger charge is 2.14. The predicted molar refractivity (Wildman–Crippen MR) is 40.0 cm³/mol. The van der Waals surface area contributed by atoms with Crippen molar-refractivity contribution in [1.29, 1.82) is 0 Å². The molecule has 6 heteroatoms. The minimum Gasteiger partial charge on any atom is -0.477 e. The van der Waals surface area contributed by atoms with Crippen LogP contribution in [0.25, 0.3) is 0 Å². The average Bonchev–Trinajstić information content (AvgIpc) is 2.30. The van der Waals surface area contributed by atoms with E-state index < -0.39 is 12.6 Å². The van der Waals surface area contributed by atoms with Crippen LogP contribution in [-0.2, 0) is 6.61 Å². The summed E-state index contributed by atoms with van der Waals surface area (Å²) in [6.07, 6.45) is 0. The van der Waals surface area contributed by atoms with Gasteiger partial charge in [-0.15, -0.1) is 0 Å². The molecule has 0 bridgehead atoms. The molecule has 0 atom stereocenters. The Morgan fingerprint density at radius 2 is 2.36 bits per heavy atom. The molecule has 0 spiro atoms. The Kier molecular flexibility index (Phi) is 2.43. The molecule has 1 aromatic heterocycles. The first-order valence-corrected chi connectivity index (χ1v) is 3.84. The topological polar surface area (TPSA) is 70.4 Å². The Morgan fingerprint density at radius 1 is 1.73 bits per heavy atom. The lowest BCUT2D eigenvalue weighted by molar-refractivity contribution is 0.0698. The molecule has 11 heavy (non-hydrogen) atoms. The largest absolute Gasteiger partial charge is 0.477 e. The van der Waals surface area contributed by atoms with Gasteiger partial charge in [-0.25, -0.2) is 9.78 Å². The summed E-state index contributed by atoms with van der Waals surface area (Å²) >= 11 is 6.26. The summed E-state index contributed by atoms with van der Waals surface area (Å²) in [7, 11) is 0. The third-order valence-corrected chi connectivity index (χ3v) is 2.21. The second-order valence-electron chi connectivity index (χ2n) is 1.71. The van der Waals surface area contributed by atoms with Crippen LogP contribution in [0.15, 0.2) is 0 Å². The van der Waals surface area contributed by atoms with Gasteiger partial charge in [0.2, 0.25) is 0 Å². The summed E-state index contributed by atoms with van der Waals surface area (Å²) in [5.41, 5.74) is 0.118. The predicted octanol–water partition coefficient (Wildman–Crippen LogP) is 0.987. The molecule has 2 N–H and O–H groups in total. The highest BCUT2D eigenvalue weighted by molar-refractivity contribution is 7.17. The van der Waals surface area contributed by atoms with Gasteiger partial charge >= 0.3 is 5.97 Å². The fourth-order valence-corrected chi connectivity index (χ4v) is 1.57. The van der Waals surface area contributed by atoms with E-state index in [4.69, 9.17) is 21.8 Å². The Labute approximate surface area is 71.1 Å². The molecule has 0 aliphatic rings. The fourth-order valence-electron chi connectivity index (χ4n) is 0.597. The van der Waals surface area contributed by atoms with Gasteiger partial charge in [-0.2, -0.15) is 0 Å². The van der Waals surface area contributed by atoms with Crippen LogP contribution in [0.2, 0.25) is 4.47 Å². The van der Waals surface area contributed by atoms with Gasteiger partial charge in [0, 0.05) is 0 Å². The number of nitrogens with zero attached hydrogens (tertiary/aromatic N) is 1. The number of hydrogen-bond donors (Lipinski definition) is 2. The van der Waals surface area contributed by atoms with Crippen molar-refractivity contribution in [3.8, 4) is 0 Å². The highest BCUT2D eigenvalue weighted by atomic mass is 35.5. The van der Waals surface area contributed by atoms with Gasteiger partial charge in [0.05, 0.1) is 12.3 Å². The van der Waals surface area contributed by atoms with Crippen LogP contribution >= 0.6 is 22.9 Å². The first-order valence-electron chi connectivity index (χ1n) is 2.64. The number of carboxylic acid groups (broad SMARTS) is 1. The van der Waals surface area contributed by atoms with E-state index in [0.29, 0.717) is 0 Å². The third kappa shape index (κ3) is 1.68. The lowest BCUT2D eigenvalue weighted by atomic mass is 10.4. The van der Waals surface area contributed by atoms with Crippen LogP contribution < -0.4 is 0 Å². The van der Waals surface area contributed by atoms with Gasteiger partial charge in [-0.1, -0.05) is 22.9 Å². The summed E-state index contributed by atoms with van der Waals surface area (Å²) < 4.78 is 0.131. The van der Waals surface area contributed by atoms with Crippen LogP contribution in [0.5, 0.6) is 0 Å². The van der Waals surface area contributed by atoms with Crippen molar-refractivity contribution in [2.24, 2.45) is 0 Å². The van der Waals surface area contributed by atoms with Crippen molar-refractivity contribution in [3.05, 3.63) is 15.0 Å². The number of aromatic nitrogens is 1. The number of aromatic carboxylic acids is 1. The van der Waals surface area contributed by atoms with Gasteiger partial charge in [0.1, 0.15) is 4.88 Å². The molecule has 1 aromatic rings. The van der Waals surface area contributed by atoms with Crippen molar-refractivity contribution in [2.75, 3.05) is 0 Å². The van der Waals surface area contributed by atoms with Gasteiger partial charge in [0.25, 0.3) is 0 Å². The molecule has 0 radical (unpaired) electrons. The standard InChI is InChI=1S/C5H4ClNO3S/c6-5-7-2(1-8)3(11-5)4(9)10/h8H,1H2,(H,9,10). The average molecular weight is 194 g/mol. The van der Waals surface area contributed by atoms with Crippen molar-refractivity contribution >= 4 is 28.9 Å². The van der Waals surface area contributed by atoms with E-state index in [1.54, 1.807) is 0 Å². The Hall–Kier alpha value is -0.650. The Balaban J connectivity index is 3.12. The van der Waals surface area contributed by atoms with E-state index in [1.165, 1.54) is 0 Å². The SMILES string of the molecule is O=C(O)c1sc(Cl)nc1CO. The van der Waals surface area contributed by atoms with Crippen molar-refractivity contribution in [2.45, 2.75) is 6.61 Å². The molecule has 0 saturated carbocycles. The van der Waals surface area contributed by atoms with Crippen molar-refractivity contribution < 1.29 is 15.0 Å². The summed E-state index contributed by atoms with van der Waals surface area (Å²) in [4.78, 5) is 14.0. The van der Waals surface area contributed by atoms with E-state index in [2.05, 4.69) is 4.98 Å². The summed E-state index contributed by atoms with van der Waals surface area (Å²) in [5.74, 6) is -1.11. The Morgan fingerprint density at radius 3 is 2.73 bits per heavy atom. The molecule has 1 rings (SSSR count). The van der Waals surface area contributed by atoms with Gasteiger partial charge in [0.15, 0.2) is 4.47 Å². The minimum atomic E-state index is -1.11. The van der Waals surface area contributed by atoms with Gasteiger partial charge < -0.3 is 10.2 Å². The molecule has 0 fully saturated rings. The third-order valence-electron chi connectivity index (χ3n) is 1.02. The Bertz CT molecular complexity index is 285. The molecule has 0 aliphatic heterocycles. The molecule has 0 aliphatic carbocycles. The zero-order valence-corrected chi connectivity index (χ0v) is 6.82. The van der Waals surface area contributed by atoms with E-state index in [-0.39, 0.29) is 15.0 Å². The van der Waals surface area contributed by atoms with Crippen molar-refractivity contribution in [3.63, 3.8) is 0 Å². The zero-order valence-electron chi connectivity index (χ0n) is 5.24. The second-order valence-corrected chi connectivity index (χ2v) is 3.29.